The lowest BCUT2D eigenvalue weighted by Crippen LogP contribution is -2.30. The number of hydrogen-bond acceptors (Lipinski definition) is 7. The Kier molecular flexibility index (Phi) is 5.45. The Morgan fingerprint density at radius 2 is 2.00 bits per heavy atom. The zero-order valence-electron chi connectivity index (χ0n) is 13.3. The maximum Gasteiger partial charge on any atom is 0.271 e. The lowest BCUT2D eigenvalue weighted by molar-refractivity contribution is 0.0962. The molecule has 0 bridgehead atoms. The van der Waals surface area contributed by atoms with Crippen LogP contribution in [0.1, 0.15) is 16.1 Å². The standard InChI is InChI=1S/C16H14Cl2N6O2/c17-9-3-4-11(12(18)6-9)16(25)24-23-15-13(19)14(21-8-22-15)20-7-10-2-1-5-26-10/h1-6,8H,7,19H2,(H,24,25)(H2,20,21,22,23). The van der Waals surface area contributed by atoms with Crippen LogP contribution in [0.25, 0.3) is 0 Å². The van der Waals surface area contributed by atoms with Gasteiger partial charge in [-0.15, -0.1) is 0 Å². The Morgan fingerprint density at radius 3 is 2.73 bits per heavy atom. The molecule has 0 saturated heterocycles. The molecule has 0 aliphatic carbocycles. The molecule has 5 N–H and O–H groups in total. The molecule has 1 aromatic carbocycles. The van der Waals surface area contributed by atoms with Crippen LogP contribution >= 0.6 is 23.2 Å². The maximum atomic E-state index is 12.2. The molecular formula is C16H14Cl2N6O2. The van der Waals surface area contributed by atoms with Gasteiger partial charge in [0, 0.05) is 5.02 Å². The SMILES string of the molecule is Nc1c(NCc2ccco2)ncnc1NNC(=O)c1ccc(Cl)cc1Cl. The van der Waals surface area contributed by atoms with E-state index in [1.54, 1.807) is 18.4 Å². The summed E-state index contributed by atoms with van der Waals surface area (Å²) < 4.78 is 5.23. The first-order chi connectivity index (χ1) is 12.5. The van der Waals surface area contributed by atoms with Crippen LogP contribution in [0.15, 0.2) is 47.3 Å². The molecule has 0 unspecified atom stereocenters. The molecule has 26 heavy (non-hydrogen) atoms. The van der Waals surface area contributed by atoms with Crippen molar-refractivity contribution in [2.75, 3.05) is 16.5 Å². The summed E-state index contributed by atoms with van der Waals surface area (Å²) in [5, 5.41) is 3.70. The summed E-state index contributed by atoms with van der Waals surface area (Å²) in [5.41, 5.74) is 11.7. The lowest BCUT2D eigenvalue weighted by Gasteiger charge is -2.13. The van der Waals surface area contributed by atoms with Crippen molar-refractivity contribution >= 4 is 46.4 Å². The monoisotopic (exact) mass is 392 g/mol. The van der Waals surface area contributed by atoms with Crippen LogP contribution in [0.4, 0.5) is 17.3 Å². The average Bonchev–Trinajstić information content (AvgIpc) is 3.13. The van der Waals surface area contributed by atoms with Crippen LogP contribution in [0, 0.1) is 0 Å². The quantitative estimate of drug-likeness (QED) is 0.475. The molecule has 2 heterocycles. The predicted molar refractivity (Wildman–Crippen MR) is 100 cm³/mol. The van der Waals surface area contributed by atoms with Crippen molar-refractivity contribution in [2.24, 2.45) is 0 Å². The van der Waals surface area contributed by atoms with Gasteiger partial charge < -0.3 is 15.5 Å². The number of carbonyl (C=O) groups excluding carboxylic acids is 1. The minimum absolute atomic E-state index is 0.230. The van der Waals surface area contributed by atoms with Crippen molar-refractivity contribution in [3.63, 3.8) is 0 Å². The summed E-state index contributed by atoms with van der Waals surface area (Å²) in [7, 11) is 0. The van der Waals surface area contributed by atoms with Crippen LogP contribution in [-0.4, -0.2) is 15.9 Å². The van der Waals surface area contributed by atoms with Gasteiger partial charge in [-0.05, 0) is 30.3 Å². The Bertz CT molecular complexity index is 917. The zero-order valence-corrected chi connectivity index (χ0v) is 14.8. The first-order valence-corrected chi connectivity index (χ1v) is 8.18. The number of hydrogen-bond donors (Lipinski definition) is 4. The predicted octanol–water partition coefficient (Wildman–Crippen LogP) is 3.33. The molecule has 8 nitrogen and oxygen atoms in total. The van der Waals surface area contributed by atoms with Crippen LogP contribution in [0.5, 0.6) is 0 Å². The van der Waals surface area contributed by atoms with Gasteiger partial charge in [0.1, 0.15) is 17.8 Å². The Hall–Kier alpha value is -2.97. The topological polar surface area (TPSA) is 118 Å². The van der Waals surface area contributed by atoms with Gasteiger partial charge in [0.15, 0.2) is 11.6 Å². The highest BCUT2D eigenvalue weighted by Crippen LogP contribution is 2.23. The number of nitrogens with two attached hydrogens (primary N) is 1. The molecule has 0 radical (unpaired) electrons. The number of aromatic nitrogens is 2. The molecule has 3 aromatic rings. The molecule has 3 rings (SSSR count). The molecular weight excluding hydrogens is 379 g/mol. The number of nitrogens with zero attached hydrogens (tertiary/aromatic N) is 2. The van der Waals surface area contributed by atoms with Crippen molar-refractivity contribution < 1.29 is 9.21 Å². The highest BCUT2D eigenvalue weighted by molar-refractivity contribution is 6.36. The summed E-state index contributed by atoms with van der Waals surface area (Å²) in [6.07, 6.45) is 2.88. The van der Waals surface area contributed by atoms with E-state index in [-0.39, 0.29) is 22.1 Å². The maximum absolute atomic E-state index is 12.2. The first-order valence-electron chi connectivity index (χ1n) is 7.42. The molecule has 10 heteroatoms. The summed E-state index contributed by atoms with van der Waals surface area (Å²) in [6.45, 7) is 0.403. The molecule has 0 atom stereocenters. The van der Waals surface area contributed by atoms with Gasteiger partial charge in [0.2, 0.25) is 0 Å². The summed E-state index contributed by atoms with van der Waals surface area (Å²) in [6, 6.07) is 8.16. The van der Waals surface area contributed by atoms with E-state index in [9.17, 15) is 4.79 Å². The van der Waals surface area contributed by atoms with E-state index in [1.165, 1.54) is 18.5 Å². The van der Waals surface area contributed by atoms with E-state index >= 15 is 0 Å². The minimum atomic E-state index is -0.463. The smallest absolute Gasteiger partial charge is 0.271 e. The minimum Gasteiger partial charge on any atom is -0.467 e. The van der Waals surface area contributed by atoms with Gasteiger partial charge in [-0.3, -0.25) is 15.6 Å². The van der Waals surface area contributed by atoms with E-state index in [1.807, 2.05) is 6.07 Å². The fourth-order valence-electron chi connectivity index (χ4n) is 2.08. The number of furan rings is 1. The number of amides is 1. The van der Waals surface area contributed by atoms with Gasteiger partial charge in [-0.2, -0.15) is 0 Å². The third-order valence-electron chi connectivity index (χ3n) is 3.36. The van der Waals surface area contributed by atoms with Gasteiger partial charge in [0.25, 0.3) is 5.91 Å². The van der Waals surface area contributed by atoms with E-state index in [0.29, 0.717) is 17.4 Å². The van der Waals surface area contributed by atoms with E-state index in [4.69, 9.17) is 33.4 Å². The molecule has 0 saturated carbocycles. The van der Waals surface area contributed by atoms with Gasteiger partial charge in [-0.1, -0.05) is 23.2 Å². The normalized spacial score (nSPS) is 10.4. The van der Waals surface area contributed by atoms with Gasteiger partial charge in [-0.25, -0.2) is 9.97 Å². The summed E-state index contributed by atoms with van der Waals surface area (Å²) in [5.74, 6) is 0.899. The molecule has 1 amide bonds. The number of benzene rings is 1. The zero-order chi connectivity index (χ0) is 18.5. The van der Waals surface area contributed by atoms with Crippen molar-refractivity contribution in [3.8, 4) is 0 Å². The van der Waals surface area contributed by atoms with E-state index < -0.39 is 5.91 Å². The number of hydrazine groups is 1. The number of halogens is 2. The molecule has 0 fully saturated rings. The van der Waals surface area contributed by atoms with Crippen LogP contribution in [0.3, 0.4) is 0 Å². The average molecular weight is 393 g/mol. The van der Waals surface area contributed by atoms with Gasteiger partial charge >= 0.3 is 0 Å². The van der Waals surface area contributed by atoms with Gasteiger partial charge in [0.05, 0.1) is 23.4 Å². The van der Waals surface area contributed by atoms with Crippen molar-refractivity contribution in [2.45, 2.75) is 6.54 Å². The second-order valence-corrected chi connectivity index (χ2v) is 5.96. The van der Waals surface area contributed by atoms with E-state index in [0.717, 1.165) is 5.76 Å². The summed E-state index contributed by atoms with van der Waals surface area (Å²) in [4.78, 5) is 20.3. The number of rotatable bonds is 6. The largest absolute Gasteiger partial charge is 0.467 e. The van der Waals surface area contributed by atoms with Crippen LogP contribution in [0.2, 0.25) is 10.0 Å². The third kappa shape index (κ3) is 4.16. The number of nitrogens with one attached hydrogen (secondary N) is 3. The molecule has 0 aliphatic rings. The fraction of sp³-hybridized carbons (Fsp3) is 0.0625. The van der Waals surface area contributed by atoms with Crippen LogP contribution < -0.4 is 21.9 Å². The van der Waals surface area contributed by atoms with Crippen molar-refractivity contribution in [3.05, 3.63) is 64.3 Å². The molecule has 134 valence electrons. The third-order valence-corrected chi connectivity index (χ3v) is 3.91. The molecule has 0 aliphatic heterocycles. The van der Waals surface area contributed by atoms with E-state index in [2.05, 4.69) is 26.1 Å². The molecule has 0 spiro atoms. The first kappa shape index (κ1) is 17.8. The number of carbonyl (C=O) groups is 1. The Balaban J connectivity index is 1.66. The highest BCUT2D eigenvalue weighted by atomic mass is 35.5. The van der Waals surface area contributed by atoms with Crippen LogP contribution in [-0.2, 0) is 6.54 Å². The highest BCUT2D eigenvalue weighted by Gasteiger charge is 2.13. The number of anilines is 3. The number of nitrogen functional groups attached to an aromatic ring is 1. The second kappa shape index (κ2) is 7.94. The fourth-order valence-corrected chi connectivity index (χ4v) is 2.57. The summed E-state index contributed by atoms with van der Waals surface area (Å²) >= 11 is 11.8. The van der Waals surface area contributed by atoms with Crippen molar-refractivity contribution in [1.82, 2.24) is 15.4 Å². The Morgan fingerprint density at radius 1 is 1.19 bits per heavy atom. The molecule has 2 aromatic heterocycles. The Labute approximate surface area is 158 Å². The second-order valence-electron chi connectivity index (χ2n) is 5.12. The van der Waals surface area contributed by atoms with Crippen molar-refractivity contribution in [1.29, 1.82) is 0 Å². The lowest BCUT2D eigenvalue weighted by atomic mass is 10.2.